The van der Waals surface area contributed by atoms with Gasteiger partial charge in [0.2, 0.25) is 0 Å². The van der Waals surface area contributed by atoms with Gasteiger partial charge < -0.3 is 0 Å². The molecule has 0 spiro atoms. The average Bonchev–Trinajstić information content (AvgIpc) is 3.23. The number of hydrogen-bond acceptors (Lipinski definition) is 4. The van der Waals surface area contributed by atoms with Crippen LogP contribution in [0.25, 0.3) is 33.0 Å². The molecule has 0 saturated heterocycles. The molecule has 0 saturated carbocycles. The van der Waals surface area contributed by atoms with Crippen LogP contribution >= 0.6 is 0 Å². The van der Waals surface area contributed by atoms with Crippen molar-refractivity contribution in [3.05, 3.63) is 203 Å². The van der Waals surface area contributed by atoms with Crippen LogP contribution in [-0.4, -0.2) is 0 Å². The highest BCUT2D eigenvalue weighted by Gasteiger charge is 2.84. The van der Waals surface area contributed by atoms with Gasteiger partial charge in [0.25, 0.3) is 0 Å². The fourth-order valence-electron chi connectivity index (χ4n) is 9.88. The highest BCUT2D eigenvalue weighted by Crippen LogP contribution is 2.79. The van der Waals surface area contributed by atoms with Crippen LogP contribution in [0.15, 0.2) is 170 Å². The quantitative estimate of drug-likeness (QED) is 0.188. The normalized spacial score (nSPS) is 19.9. The molecule has 3 aliphatic rings. The van der Waals surface area contributed by atoms with E-state index in [0.717, 1.165) is 55.3 Å². The molecule has 3 aliphatic carbocycles. The van der Waals surface area contributed by atoms with E-state index in [4.69, 9.17) is 0 Å². The van der Waals surface area contributed by atoms with E-state index in [1.807, 2.05) is 133 Å². The number of nitriles is 4. The predicted octanol–water partition coefficient (Wildman–Crippen LogP) is 10.2. The Hall–Kier alpha value is -7.24. The van der Waals surface area contributed by atoms with Crippen LogP contribution in [0.2, 0.25) is 0 Å². The van der Waals surface area contributed by atoms with Crippen LogP contribution in [0.5, 0.6) is 0 Å². The van der Waals surface area contributed by atoms with Crippen molar-refractivity contribution in [1.29, 1.82) is 21.0 Å². The molecule has 0 fully saturated rings. The molecule has 0 heterocycles. The lowest BCUT2D eigenvalue weighted by molar-refractivity contribution is 0.104. The standard InChI is InChI=1S/C48H28N4/c49-29-45(30-50)46(31-51,32-52)48(36-23-11-4-12-24-36)40-28-16-15-27-39(40)47(45,35-21-9-3-10-22-35)43-41(33-17-5-1-6-18-33)37-25-13-14-26-38(37)42(44(43)48)34-19-7-2-8-20-34/h1-28H. The Bertz CT molecular complexity index is 2510. The number of nitrogens with zero attached hydrogens (tertiary/aromatic N) is 4. The molecule has 0 radical (unpaired) electrons. The van der Waals surface area contributed by atoms with Crippen LogP contribution in [0.1, 0.15) is 33.4 Å². The van der Waals surface area contributed by atoms with Gasteiger partial charge in [-0.15, -0.1) is 0 Å². The first kappa shape index (κ1) is 30.8. The molecule has 0 N–H and O–H groups in total. The number of rotatable bonds is 4. The van der Waals surface area contributed by atoms with Crippen molar-refractivity contribution in [1.82, 2.24) is 0 Å². The van der Waals surface area contributed by atoms with E-state index in [1.165, 1.54) is 0 Å². The Morgan fingerprint density at radius 2 is 0.615 bits per heavy atom. The third kappa shape index (κ3) is 3.32. The van der Waals surface area contributed by atoms with Crippen LogP contribution in [-0.2, 0) is 10.8 Å². The molecule has 4 nitrogen and oxygen atoms in total. The molecule has 240 valence electrons. The van der Waals surface area contributed by atoms with Crippen molar-refractivity contribution in [2.24, 2.45) is 10.8 Å². The molecule has 2 bridgehead atoms. The largest absolute Gasteiger partial charge is 0.196 e. The molecule has 0 aliphatic heterocycles. The van der Waals surface area contributed by atoms with E-state index in [1.54, 1.807) is 0 Å². The maximum Gasteiger partial charge on any atom is 0.194 e. The summed E-state index contributed by atoms with van der Waals surface area (Å²) in [6.45, 7) is 0. The Labute approximate surface area is 302 Å². The second kappa shape index (κ2) is 11.1. The fraction of sp³-hybridized carbons (Fsp3) is 0.0833. The lowest BCUT2D eigenvalue weighted by Crippen LogP contribution is -2.72. The fourth-order valence-corrected chi connectivity index (χ4v) is 9.88. The van der Waals surface area contributed by atoms with Gasteiger partial charge in [0.05, 0.1) is 35.1 Å². The van der Waals surface area contributed by atoms with Gasteiger partial charge in [0.1, 0.15) is 0 Å². The highest BCUT2D eigenvalue weighted by molar-refractivity contribution is 6.11. The van der Waals surface area contributed by atoms with E-state index in [9.17, 15) is 21.0 Å². The molecule has 4 heteroatoms. The van der Waals surface area contributed by atoms with Gasteiger partial charge in [0, 0.05) is 0 Å². The van der Waals surface area contributed by atoms with Crippen molar-refractivity contribution in [3.63, 3.8) is 0 Å². The molecular formula is C48H28N4. The Morgan fingerprint density at radius 3 is 0.942 bits per heavy atom. The molecule has 0 amide bonds. The predicted molar refractivity (Wildman–Crippen MR) is 201 cm³/mol. The van der Waals surface area contributed by atoms with Crippen LogP contribution in [0, 0.1) is 56.2 Å². The maximum absolute atomic E-state index is 11.9. The molecule has 7 aromatic rings. The first-order chi connectivity index (χ1) is 25.6. The summed E-state index contributed by atoms with van der Waals surface area (Å²) in [4.78, 5) is 0. The monoisotopic (exact) mass is 660 g/mol. The SMILES string of the molecule is N#CC1(C#N)C2(c3ccccc3)c3ccccc3C(c3ccccc3)(c3c2c(-c2ccccc2)c2ccccc2c3-c2ccccc2)C1(C#N)C#N. The summed E-state index contributed by atoms with van der Waals surface area (Å²) in [5.74, 6) is 0. The summed E-state index contributed by atoms with van der Waals surface area (Å²) in [5, 5.41) is 49.4. The molecule has 2 unspecified atom stereocenters. The summed E-state index contributed by atoms with van der Waals surface area (Å²) < 4.78 is 0. The second-order valence-corrected chi connectivity index (χ2v) is 13.5. The van der Waals surface area contributed by atoms with Crippen molar-refractivity contribution in [2.45, 2.75) is 10.8 Å². The number of hydrogen-bond donors (Lipinski definition) is 0. The molecule has 2 atom stereocenters. The topological polar surface area (TPSA) is 95.2 Å². The van der Waals surface area contributed by atoms with Gasteiger partial charge in [-0.05, 0) is 66.4 Å². The third-order valence-corrected chi connectivity index (χ3v) is 11.6. The minimum absolute atomic E-state index is 0.662. The van der Waals surface area contributed by atoms with Gasteiger partial charge in [-0.1, -0.05) is 170 Å². The van der Waals surface area contributed by atoms with E-state index < -0.39 is 21.7 Å². The minimum Gasteiger partial charge on any atom is -0.196 e. The molecular weight excluding hydrogens is 633 g/mol. The maximum atomic E-state index is 11.9. The summed E-state index contributed by atoms with van der Waals surface area (Å²) in [5.41, 5.74) is 0.130. The third-order valence-electron chi connectivity index (χ3n) is 11.6. The Balaban J connectivity index is 1.75. The van der Waals surface area contributed by atoms with Crippen LogP contribution in [0.3, 0.4) is 0 Å². The molecule has 0 aromatic heterocycles. The zero-order chi connectivity index (χ0) is 35.6. The van der Waals surface area contributed by atoms with E-state index in [2.05, 4.69) is 60.7 Å². The van der Waals surface area contributed by atoms with Crippen molar-refractivity contribution < 1.29 is 0 Å². The molecule has 52 heavy (non-hydrogen) atoms. The van der Waals surface area contributed by atoms with Crippen molar-refractivity contribution >= 4 is 10.8 Å². The van der Waals surface area contributed by atoms with Crippen LogP contribution < -0.4 is 0 Å². The minimum atomic E-state index is -2.25. The van der Waals surface area contributed by atoms with Gasteiger partial charge in [-0.2, -0.15) is 21.0 Å². The zero-order valence-corrected chi connectivity index (χ0v) is 28.0. The Kier molecular flexibility index (Phi) is 6.59. The lowest BCUT2D eigenvalue weighted by Gasteiger charge is -2.66. The average molecular weight is 661 g/mol. The molecule has 10 rings (SSSR count). The summed E-state index contributed by atoms with van der Waals surface area (Å²) in [6, 6.07) is 65.4. The first-order valence-electron chi connectivity index (χ1n) is 17.2. The van der Waals surface area contributed by atoms with Crippen LogP contribution in [0.4, 0.5) is 0 Å². The highest BCUT2D eigenvalue weighted by atomic mass is 14.8. The number of benzene rings is 7. The summed E-state index contributed by atoms with van der Waals surface area (Å²) in [6.07, 6.45) is 0. The molecule has 7 aromatic carbocycles. The lowest BCUT2D eigenvalue weighted by atomic mass is 9.28. The number of fused-ring (bicyclic) bond motifs is 2. The van der Waals surface area contributed by atoms with Crippen molar-refractivity contribution in [3.8, 4) is 46.5 Å². The van der Waals surface area contributed by atoms with Gasteiger partial charge in [0.15, 0.2) is 10.8 Å². The van der Waals surface area contributed by atoms with E-state index >= 15 is 0 Å². The van der Waals surface area contributed by atoms with Gasteiger partial charge in [-0.25, -0.2) is 0 Å². The first-order valence-corrected chi connectivity index (χ1v) is 17.2. The van der Waals surface area contributed by atoms with Gasteiger partial charge in [-0.3, -0.25) is 0 Å². The Morgan fingerprint density at radius 1 is 0.327 bits per heavy atom. The summed E-state index contributed by atoms with van der Waals surface area (Å²) >= 11 is 0. The van der Waals surface area contributed by atoms with E-state index in [-0.39, 0.29) is 0 Å². The second-order valence-electron chi connectivity index (χ2n) is 13.5. The zero-order valence-electron chi connectivity index (χ0n) is 28.0. The van der Waals surface area contributed by atoms with Crippen molar-refractivity contribution in [2.75, 3.05) is 0 Å². The smallest absolute Gasteiger partial charge is 0.194 e. The van der Waals surface area contributed by atoms with E-state index in [0.29, 0.717) is 11.1 Å². The van der Waals surface area contributed by atoms with Gasteiger partial charge >= 0.3 is 0 Å². The summed E-state index contributed by atoms with van der Waals surface area (Å²) in [7, 11) is 0.